The van der Waals surface area contributed by atoms with E-state index in [1.807, 2.05) is 30.6 Å². The molecule has 0 aromatic rings. The van der Waals surface area contributed by atoms with Crippen molar-refractivity contribution >= 4 is 33.5 Å². The first-order chi connectivity index (χ1) is 11.4. The Morgan fingerprint density at radius 1 is 1.46 bits per heavy atom. The van der Waals surface area contributed by atoms with E-state index in [-0.39, 0.29) is 18.2 Å². The summed E-state index contributed by atoms with van der Waals surface area (Å²) in [5.41, 5.74) is 0. The van der Waals surface area contributed by atoms with Gasteiger partial charge < -0.3 is 5.32 Å². The van der Waals surface area contributed by atoms with Gasteiger partial charge in [0.15, 0.2) is 0 Å². The van der Waals surface area contributed by atoms with Gasteiger partial charge in [0.2, 0.25) is 15.9 Å². The molecule has 2 atom stereocenters. The minimum atomic E-state index is -3.40. The largest absolute Gasteiger partial charge is 0.354 e. The third-order valence-corrected chi connectivity index (χ3v) is 6.00. The van der Waals surface area contributed by atoms with Crippen molar-refractivity contribution in [3.8, 4) is 0 Å². The van der Waals surface area contributed by atoms with Gasteiger partial charge in [-0.05, 0) is 17.2 Å². The van der Waals surface area contributed by atoms with Crippen LogP contribution in [0.3, 0.4) is 0 Å². The fourth-order valence-corrected chi connectivity index (χ4v) is 4.44. The van der Waals surface area contributed by atoms with E-state index in [9.17, 15) is 13.2 Å². The second-order valence-electron chi connectivity index (χ2n) is 5.33. The summed E-state index contributed by atoms with van der Waals surface area (Å²) < 4.78 is 26.5. The van der Waals surface area contributed by atoms with Gasteiger partial charge >= 0.3 is 0 Å². The molecule has 2 unspecified atom stereocenters. The summed E-state index contributed by atoms with van der Waals surface area (Å²) >= 11 is 1.42. The molecule has 0 radical (unpaired) electrons. The predicted octanol–water partition coefficient (Wildman–Crippen LogP) is 1.72. The van der Waals surface area contributed by atoms with Crippen LogP contribution in [-0.4, -0.2) is 38.5 Å². The molecular weight excluding hydrogens is 346 g/mol. The van der Waals surface area contributed by atoms with Crippen molar-refractivity contribution in [2.24, 2.45) is 10.9 Å². The highest BCUT2D eigenvalue weighted by Gasteiger charge is 2.42. The van der Waals surface area contributed by atoms with Gasteiger partial charge in [-0.15, -0.1) is 11.8 Å². The number of fused-ring (bicyclic) bond motifs is 1. The molecule has 0 aromatic carbocycles. The summed E-state index contributed by atoms with van der Waals surface area (Å²) in [4.78, 5) is 16.8. The van der Waals surface area contributed by atoms with Gasteiger partial charge in [0.05, 0.1) is 18.9 Å². The van der Waals surface area contributed by atoms with Crippen molar-refractivity contribution in [1.82, 2.24) is 10.0 Å². The van der Waals surface area contributed by atoms with Crippen LogP contribution >= 0.6 is 11.8 Å². The number of thioether (sulfide) groups is 1. The van der Waals surface area contributed by atoms with Crippen LogP contribution < -0.4 is 10.0 Å². The number of sulfonamides is 1. The van der Waals surface area contributed by atoms with Crippen molar-refractivity contribution in [3.05, 3.63) is 47.3 Å². The predicted molar refractivity (Wildman–Crippen MR) is 99.1 cm³/mol. The molecule has 2 N–H and O–H groups in total. The van der Waals surface area contributed by atoms with Gasteiger partial charge in [-0.25, -0.2) is 8.42 Å². The zero-order valence-corrected chi connectivity index (χ0v) is 15.1. The molecule has 0 saturated carbocycles. The molecule has 1 fully saturated rings. The lowest BCUT2D eigenvalue weighted by atomic mass is 9.99. The molecule has 0 aromatic heterocycles. The molecule has 8 heteroatoms. The fraction of sp³-hybridized carbons (Fsp3) is 0.375. The molecule has 24 heavy (non-hydrogen) atoms. The second-order valence-corrected chi connectivity index (χ2v) is 8.25. The number of nitrogens with zero attached hydrogens (tertiary/aromatic N) is 1. The molecule has 1 heterocycles. The monoisotopic (exact) mass is 367 g/mol. The zero-order valence-electron chi connectivity index (χ0n) is 13.4. The Morgan fingerprint density at radius 2 is 2.21 bits per heavy atom. The van der Waals surface area contributed by atoms with Crippen molar-refractivity contribution in [3.63, 3.8) is 0 Å². The van der Waals surface area contributed by atoms with Crippen molar-refractivity contribution in [2.75, 3.05) is 13.1 Å². The van der Waals surface area contributed by atoms with Crippen molar-refractivity contribution < 1.29 is 13.2 Å². The number of allylic oxidation sites excluding steroid dienone is 3. The first-order valence-electron chi connectivity index (χ1n) is 7.57. The van der Waals surface area contributed by atoms with E-state index in [4.69, 9.17) is 0 Å². The molecule has 1 aliphatic carbocycles. The van der Waals surface area contributed by atoms with Crippen molar-refractivity contribution in [1.29, 1.82) is 0 Å². The quantitative estimate of drug-likeness (QED) is 0.671. The number of carbonyl (C=O) groups is 1. The molecule has 1 saturated heterocycles. The van der Waals surface area contributed by atoms with E-state index < -0.39 is 15.3 Å². The Morgan fingerprint density at radius 3 is 2.96 bits per heavy atom. The first kappa shape index (κ1) is 18.5. The van der Waals surface area contributed by atoms with Gasteiger partial charge in [-0.3, -0.25) is 14.5 Å². The normalized spacial score (nSPS) is 25.6. The van der Waals surface area contributed by atoms with Gasteiger partial charge in [0.1, 0.15) is 11.1 Å². The number of amides is 1. The lowest BCUT2D eigenvalue weighted by molar-refractivity contribution is -0.120. The van der Waals surface area contributed by atoms with Crippen LogP contribution in [-0.2, 0) is 14.8 Å². The van der Waals surface area contributed by atoms with E-state index in [0.29, 0.717) is 18.9 Å². The third kappa shape index (κ3) is 4.85. The average Bonchev–Trinajstić information content (AvgIpc) is 2.81. The Hall–Kier alpha value is -1.80. The fourth-order valence-electron chi connectivity index (χ4n) is 2.37. The van der Waals surface area contributed by atoms with Crippen molar-refractivity contribution in [2.45, 2.75) is 18.6 Å². The number of hydrogen-bond acceptors (Lipinski definition) is 5. The Balaban J connectivity index is 1.80. The van der Waals surface area contributed by atoms with Gasteiger partial charge in [-0.2, -0.15) is 0 Å². The maximum Gasteiger partial charge on any atom is 0.241 e. The molecule has 2 aliphatic rings. The van der Waals surface area contributed by atoms with E-state index in [0.717, 1.165) is 4.91 Å². The van der Waals surface area contributed by atoms with Crippen LogP contribution in [0.25, 0.3) is 0 Å². The van der Waals surface area contributed by atoms with Crippen LogP contribution in [0.2, 0.25) is 0 Å². The number of amidine groups is 1. The zero-order chi connectivity index (χ0) is 17.6. The molecule has 1 aliphatic heterocycles. The summed E-state index contributed by atoms with van der Waals surface area (Å²) in [6.07, 6.45) is 9.15. The molecule has 1 amide bonds. The summed E-state index contributed by atoms with van der Waals surface area (Å²) in [6, 6.07) is 0. The van der Waals surface area contributed by atoms with Gasteiger partial charge in [0.25, 0.3) is 0 Å². The Kier molecular flexibility index (Phi) is 6.44. The number of hydrogen-bond donors (Lipinski definition) is 2. The summed E-state index contributed by atoms with van der Waals surface area (Å²) in [6.45, 7) is 6.39. The van der Waals surface area contributed by atoms with Gasteiger partial charge in [0, 0.05) is 6.54 Å². The lowest BCUT2D eigenvalue weighted by Gasteiger charge is -2.11. The maximum absolute atomic E-state index is 12.0. The summed E-state index contributed by atoms with van der Waals surface area (Å²) in [5, 5.41) is 4.03. The summed E-state index contributed by atoms with van der Waals surface area (Å²) in [7, 11) is -3.40. The summed E-state index contributed by atoms with van der Waals surface area (Å²) in [5.74, 6) is 0.0400. The average molecular weight is 367 g/mol. The smallest absolute Gasteiger partial charge is 0.241 e. The van der Waals surface area contributed by atoms with E-state index >= 15 is 0 Å². The van der Waals surface area contributed by atoms with Crippen LogP contribution in [0.1, 0.15) is 13.3 Å². The molecule has 0 spiro atoms. The topological polar surface area (TPSA) is 87.6 Å². The van der Waals surface area contributed by atoms with Crippen LogP contribution in [0, 0.1) is 5.92 Å². The SMILES string of the molecule is C=C(CC(=O)NCCN=C1NS(=O)(=O)C2C=CC=CC12)S/C=C\C. The lowest BCUT2D eigenvalue weighted by Crippen LogP contribution is -2.28. The number of carbonyl (C=O) groups excluding carboxylic acids is 1. The highest BCUT2D eigenvalue weighted by atomic mass is 32.2. The molecule has 0 bridgehead atoms. The highest BCUT2D eigenvalue weighted by Crippen LogP contribution is 2.26. The third-order valence-electron chi connectivity index (χ3n) is 3.45. The number of aliphatic imine (C=N–C) groups is 1. The standard InChI is InChI=1S/C16H21N3O3S2/c1-3-10-23-12(2)11-15(20)17-8-9-18-16-13-6-4-5-7-14(13)24(21,22)19-16/h3-7,10,13-14H,2,8-9,11H2,1H3,(H,17,20)(H,18,19)/b10-3-. The minimum Gasteiger partial charge on any atom is -0.354 e. The number of nitrogens with one attached hydrogen (secondary N) is 2. The Labute approximate surface area is 146 Å². The molecular formula is C16H21N3O3S2. The molecule has 2 rings (SSSR count). The van der Waals surface area contributed by atoms with Gasteiger partial charge in [-0.1, -0.05) is 37.0 Å². The first-order valence-corrected chi connectivity index (χ1v) is 10.00. The molecule has 130 valence electrons. The number of rotatable bonds is 7. The second kappa shape index (κ2) is 8.34. The van der Waals surface area contributed by atoms with E-state index in [2.05, 4.69) is 21.6 Å². The van der Waals surface area contributed by atoms with E-state index in [1.165, 1.54) is 11.8 Å². The highest BCUT2D eigenvalue weighted by molar-refractivity contribution is 8.05. The van der Waals surface area contributed by atoms with E-state index in [1.54, 1.807) is 12.2 Å². The van der Waals surface area contributed by atoms with Crippen LogP contribution in [0.4, 0.5) is 0 Å². The molecule has 6 nitrogen and oxygen atoms in total. The van der Waals surface area contributed by atoms with Crippen LogP contribution in [0.5, 0.6) is 0 Å². The minimum absolute atomic E-state index is 0.123. The maximum atomic E-state index is 12.0. The van der Waals surface area contributed by atoms with Crippen LogP contribution in [0.15, 0.2) is 52.3 Å². The Bertz CT molecular complexity index is 721.